The summed E-state index contributed by atoms with van der Waals surface area (Å²) in [6.45, 7) is 1.28. The highest BCUT2D eigenvalue weighted by Crippen LogP contribution is 2.22. The van der Waals surface area contributed by atoms with Crippen molar-refractivity contribution >= 4 is 38.7 Å². The summed E-state index contributed by atoms with van der Waals surface area (Å²) in [7, 11) is -2.63. The Bertz CT molecular complexity index is 1430. The Morgan fingerprint density at radius 1 is 1.02 bits per heavy atom. The van der Waals surface area contributed by atoms with E-state index in [0.29, 0.717) is 61.6 Å². The number of ketones is 1. The molecule has 0 bridgehead atoms. The van der Waals surface area contributed by atoms with Gasteiger partial charge in [0.2, 0.25) is 11.7 Å². The van der Waals surface area contributed by atoms with Crippen LogP contribution < -0.4 is 15.4 Å². The normalized spacial score (nSPS) is 14.4. The number of oxazole rings is 1. The van der Waals surface area contributed by atoms with Crippen LogP contribution in [0.3, 0.4) is 0 Å². The molecule has 1 fully saturated rings. The van der Waals surface area contributed by atoms with Gasteiger partial charge in [0, 0.05) is 38.2 Å². The maximum atomic E-state index is 13.4. The summed E-state index contributed by atoms with van der Waals surface area (Å²) in [5.41, 5.74) is 1.54. The van der Waals surface area contributed by atoms with Gasteiger partial charge < -0.3 is 29.4 Å². The van der Waals surface area contributed by atoms with Crippen LogP contribution in [-0.2, 0) is 25.1 Å². The minimum Gasteiger partial charge on any atom is -0.496 e. The van der Waals surface area contributed by atoms with Gasteiger partial charge in [0.25, 0.3) is 5.89 Å². The van der Waals surface area contributed by atoms with Crippen LogP contribution in [-0.4, -0.2) is 87.8 Å². The van der Waals surface area contributed by atoms with E-state index >= 15 is 0 Å². The van der Waals surface area contributed by atoms with Crippen molar-refractivity contribution < 1.29 is 36.7 Å². The largest absolute Gasteiger partial charge is 0.496 e. The van der Waals surface area contributed by atoms with Crippen LogP contribution in [0, 0.1) is 0 Å². The summed E-state index contributed by atoms with van der Waals surface area (Å²) in [5, 5.41) is 3.73. The number of morpholine rings is 1. The highest BCUT2D eigenvalue weighted by Gasteiger charge is 2.34. The smallest absolute Gasteiger partial charge is 0.317 e. The SMILES string of the molecule is COc1ccccc1CS(=O)(=O)C(CNC(=O)N1CCOCC1)C(=O)NCCCCC(=O)c1nc2ccccc2o1. The average Bonchev–Trinajstić information content (AvgIpc) is 3.42. The Hall–Kier alpha value is -3.97. The average molecular weight is 587 g/mol. The Morgan fingerprint density at radius 2 is 1.76 bits per heavy atom. The predicted octanol–water partition coefficient (Wildman–Crippen LogP) is 2.33. The molecule has 0 saturated carbocycles. The van der Waals surface area contributed by atoms with E-state index in [2.05, 4.69) is 15.6 Å². The molecule has 13 heteroatoms. The number of fused-ring (bicyclic) bond motifs is 1. The summed E-state index contributed by atoms with van der Waals surface area (Å²) in [5.74, 6) is -1.00. The number of nitrogens with zero attached hydrogens (tertiary/aromatic N) is 2. The minimum absolute atomic E-state index is 0.0359. The van der Waals surface area contributed by atoms with Crippen molar-refractivity contribution in [3.8, 4) is 5.75 Å². The van der Waals surface area contributed by atoms with Crippen molar-refractivity contribution in [1.82, 2.24) is 20.5 Å². The minimum atomic E-state index is -4.06. The number of urea groups is 1. The third kappa shape index (κ3) is 8.04. The number of Topliss-reactive ketones (excluding diaryl/α,β-unsaturated/α-hetero) is 1. The van der Waals surface area contributed by atoms with Gasteiger partial charge in [-0.1, -0.05) is 30.3 Å². The van der Waals surface area contributed by atoms with Crippen molar-refractivity contribution in [3.05, 3.63) is 60.0 Å². The molecule has 2 N–H and O–H groups in total. The van der Waals surface area contributed by atoms with Gasteiger partial charge in [-0.2, -0.15) is 0 Å². The molecule has 220 valence electrons. The van der Waals surface area contributed by atoms with Crippen LogP contribution in [0.25, 0.3) is 11.1 Å². The second-order valence-corrected chi connectivity index (χ2v) is 11.7. The molecule has 0 aliphatic carbocycles. The number of ether oxygens (including phenoxy) is 2. The molecule has 2 heterocycles. The lowest BCUT2D eigenvalue weighted by Gasteiger charge is -2.27. The number of amides is 3. The third-order valence-electron chi connectivity index (χ3n) is 6.67. The number of sulfone groups is 1. The molecule has 0 radical (unpaired) electrons. The highest BCUT2D eigenvalue weighted by molar-refractivity contribution is 7.92. The summed E-state index contributed by atoms with van der Waals surface area (Å²) in [4.78, 5) is 43.9. The van der Waals surface area contributed by atoms with E-state index in [4.69, 9.17) is 13.9 Å². The number of carbonyl (C=O) groups excluding carboxylic acids is 3. The van der Waals surface area contributed by atoms with Crippen LogP contribution >= 0.6 is 0 Å². The number of unbranched alkanes of at least 4 members (excludes halogenated alkanes) is 1. The van der Waals surface area contributed by atoms with E-state index < -0.39 is 39.3 Å². The lowest BCUT2D eigenvalue weighted by Crippen LogP contribution is -2.52. The number of carbonyl (C=O) groups is 3. The Kier molecular flexibility index (Phi) is 10.3. The zero-order valence-corrected chi connectivity index (χ0v) is 23.7. The summed E-state index contributed by atoms with van der Waals surface area (Å²) in [6.07, 6.45) is 1.02. The molecule has 12 nitrogen and oxygen atoms in total. The summed E-state index contributed by atoms with van der Waals surface area (Å²) in [6, 6.07) is 13.3. The van der Waals surface area contributed by atoms with E-state index in [0.717, 1.165) is 0 Å². The van der Waals surface area contributed by atoms with Crippen LogP contribution in [0.15, 0.2) is 52.9 Å². The molecule has 2 aromatic carbocycles. The molecule has 0 spiro atoms. The number of hydrogen-bond donors (Lipinski definition) is 2. The maximum absolute atomic E-state index is 13.4. The third-order valence-corrected chi connectivity index (χ3v) is 8.64. The standard InChI is InChI=1S/C28H34N4O8S/c1-38-23-11-4-2-8-20(23)19-41(36,37)25(18-30-28(35)32-14-16-39-17-15-32)26(34)29-13-7-6-10-22(33)27-31-21-9-3-5-12-24(21)40-27/h2-5,8-9,11-12,25H,6-7,10,13-19H2,1H3,(H,29,34)(H,30,35). The van der Waals surface area contributed by atoms with Crippen LogP contribution in [0.1, 0.15) is 35.5 Å². The van der Waals surface area contributed by atoms with Gasteiger partial charge in [0.15, 0.2) is 20.7 Å². The van der Waals surface area contributed by atoms with Gasteiger partial charge in [-0.3, -0.25) is 9.59 Å². The molecule has 41 heavy (non-hydrogen) atoms. The second kappa shape index (κ2) is 14.1. The van der Waals surface area contributed by atoms with Crippen LogP contribution in [0.2, 0.25) is 0 Å². The summed E-state index contributed by atoms with van der Waals surface area (Å²) >= 11 is 0. The number of nitrogens with one attached hydrogen (secondary N) is 2. The number of rotatable bonds is 13. The maximum Gasteiger partial charge on any atom is 0.317 e. The van der Waals surface area contributed by atoms with E-state index in [-0.39, 0.29) is 24.6 Å². The molecule has 1 aromatic heterocycles. The number of para-hydroxylation sites is 3. The fourth-order valence-corrected chi connectivity index (χ4v) is 6.03. The zero-order chi connectivity index (χ0) is 29.2. The summed E-state index contributed by atoms with van der Waals surface area (Å²) < 4.78 is 42.9. The Labute approximate surface area is 238 Å². The fraction of sp³-hybridized carbons (Fsp3) is 0.429. The highest BCUT2D eigenvalue weighted by atomic mass is 32.2. The number of benzene rings is 2. The monoisotopic (exact) mass is 586 g/mol. The van der Waals surface area contributed by atoms with Gasteiger partial charge in [0.05, 0.1) is 26.1 Å². The van der Waals surface area contributed by atoms with Crippen LogP contribution in [0.5, 0.6) is 5.75 Å². The van der Waals surface area contributed by atoms with Crippen molar-refractivity contribution in [3.63, 3.8) is 0 Å². The molecule has 3 amide bonds. The van der Waals surface area contributed by atoms with Gasteiger partial charge in [-0.25, -0.2) is 18.2 Å². The molecule has 1 aliphatic rings. The lowest BCUT2D eigenvalue weighted by molar-refractivity contribution is -0.120. The molecule has 1 atom stereocenters. The quantitative estimate of drug-likeness (QED) is 0.227. The van der Waals surface area contributed by atoms with E-state index in [1.165, 1.54) is 12.0 Å². The first-order valence-corrected chi connectivity index (χ1v) is 15.1. The molecule has 4 rings (SSSR count). The van der Waals surface area contributed by atoms with E-state index in [1.807, 2.05) is 0 Å². The molecular formula is C28H34N4O8S. The second-order valence-electron chi connectivity index (χ2n) is 9.55. The van der Waals surface area contributed by atoms with Crippen LogP contribution in [0.4, 0.5) is 4.79 Å². The van der Waals surface area contributed by atoms with Crippen molar-refractivity contribution in [2.24, 2.45) is 0 Å². The van der Waals surface area contributed by atoms with Crippen molar-refractivity contribution in [1.29, 1.82) is 0 Å². The zero-order valence-electron chi connectivity index (χ0n) is 22.8. The molecular weight excluding hydrogens is 552 g/mol. The fourth-order valence-electron chi connectivity index (χ4n) is 4.41. The van der Waals surface area contributed by atoms with Gasteiger partial charge in [0.1, 0.15) is 11.3 Å². The topological polar surface area (TPSA) is 157 Å². The molecule has 1 unspecified atom stereocenters. The number of methoxy groups -OCH3 is 1. The van der Waals surface area contributed by atoms with Gasteiger partial charge in [-0.05, 0) is 31.0 Å². The Balaban J connectivity index is 1.34. The number of hydrogen-bond acceptors (Lipinski definition) is 9. The molecule has 1 aliphatic heterocycles. The van der Waals surface area contributed by atoms with Gasteiger partial charge in [-0.15, -0.1) is 0 Å². The van der Waals surface area contributed by atoms with Crippen molar-refractivity contribution in [2.45, 2.75) is 30.3 Å². The first kappa shape index (κ1) is 30.0. The molecule has 3 aromatic rings. The lowest BCUT2D eigenvalue weighted by atomic mass is 10.2. The first-order chi connectivity index (χ1) is 19.8. The number of aromatic nitrogens is 1. The predicted molar refractivity (Wildman–Crippen MR) is 150 cm³/mol. The van der Waals surface area contributed by atoms with E-state index in [9.17, 15) is 22.8 Å². The molecule has 1 saturated heterocycles. The first-order valence-electron chi connectivity index (χ1n) is 13.4. The van der Waals surface area contributed by atoms with Crippen molar-refractivity contribution in [2.75, 3.05) is 46.5 Å². The van der Waals surface area contributed by atoms with Gasteiger partial charge >= 0.3 is 6.03 Å². The van der Waals surface area contributed by atoms with E-state index in [1.54, 1.807) is 48.5 Å². The Morgan fingerprint density at radius 3 is 2.51 bits per heavy atom.